The number of hydrogen-bond donors (Lipinski definition) is 0. The lowest BCUT2D eigenvalue weighted by Crippen LogP contribution is -2.36. The molecule has 1 fully saturated rings. The first-order valence-corrected chi connectivity index (χ1v) is 4.75. The molecule has 1 aromatic rings. The summed E-state index contributed by atoms with van der Waals surface area (Å²) in [4.78, 5) is 15.6. The van der Waals surface area contributed by atoms with Gasteiger partial charge in [-0.1, -0.05) is 12.8 Å². The molecule has 0 bridgehead atoms. The molecule has 0 radical (unpaired) electrons. The highest BCUT2D eigenvalue weighted by Crippen LogP contribution is 2.37. The highest BCUT2D eigenvalue weighted by molar-refractivity contribution is 5.84. The van der Waals surface area contributed by atoms with Crippen molar-refractivity contribution in [2.75, 3.05) is 0 Å². The Morgan fingerprint density at radius 1 is 1.46 bits per heavy atom. The summed E-state index contributed by atoms with van der Waals surface area (Å²) < 4.78 is 1.97. The number of carbonyl (C=O) groups is 1. The van der Waals surface area contributed by atoms with Gasteiger partial charge in [-0.15, -0.1) is 0 Å². The van der Waals surface area contributed by atoms with Crippen molar-refractivity contribution in [2.45, 2.75) is 38.1 Å². The summed E-state index contributed by atoms with van der Waals surface area (Å²) in [7, 11) is 0. The first-order valence-electron chi connectivity index (χ1n) is 4.75. The summed E-state index contributed by atoms with van der Waals surface area (Å²) in [6.07, 6.45) is 9.63. The van der Waals surface area contributed by atoms with Gasteiger partial charge in [-0.05, 0) is 19.8 Å². The number of imidazole rings is 1. The maximum absolute atomic E-state index is 11.6. The van der Waals surface area contributed by atoms with Gasteiger partial charge in [-0.3, -0.25) is 4.79 Å². The molecule has 70 valence electrons. The van der Waals surface area contributed by atoms with Crippen LogP contribution in [0.15, 0.2) is 18.7 Å². The molecule has 0 amide bonds. The molecule has 13 heavy (non-hydrogen) atoms. The van der Waals surface area contributed by atoms with Crippen molar-refractivity contribution in [1.29, 1.82) is 0 Å². The third-order valence-electron chi connectivity index (χ3n) is 3.08. The zero-order valence-corrected chi connectivity index (χ0v) is 7.86. The third-order valence-corrected chi connectivity index (χ3v) is 3.08. The first kappa shape index (κ1) is 8.48. The van der Waals surface area contributed by atoms with Crippen molar-refractivity contribution in [3.05, 3.63) is 18.7 Å². The van der Waals surface area contributed by atoms with E-state index in [1.165, 1.54) is 0 Å². The van der Waals surface area contributed by atoms with Gasteiger partial charge in [0.2, 0.25) is 0 Å². The Labute approximate surface area is 77.8 Å². The van der Waals surface area contributed by atoms with Gasteiger partial charge in [-0.25, -0.2) is 4.98 Å². The molecular weight excluding hydrogens is 164 g/mol. The molecule has 0 N–H and O–H groups in total. The number of Topliss-reactive ketones (excluding diaryl/α,β-unsaturated/α-hetero) is 1. The van der Waals surface area contributed by atoms with Crippen LogP contribution in [0.1, 0.15) is 32.6 Å². The number of carbonyl (C=O) groups excluding carboxylic acids is 1. The van der Waals surface area contributed by atoms with Crippen molar-refractivity contribution < 1.29 is 4.79 Å². The van der Waals surface area contributed by atoms with E-state index in [2.05, 4.69) is 4.98 Å². The lowest BCUT2D eigenvalue weighted by Gasteiger charge is -2.27. The van der Waals surface area contributed by atoms with E-state index in [1.807, 2.05) is 10.8 Å². The van der Waals surface area contributed by atoms with E-state index >= 15 is 0 Å². The maximum atomic E-state index is 11.6. The lowest BCUT2D eigenvalue weighted by atomic mass is 9.93. The normalized spacial score (nSPS) is 20.4. The summed E-state index contributed by atoms with van der Waals surface area (Å²) in [5.74, 6) is 0.267. The average Bonchev–Trinajstić information content (AvgIpc) is 2.75. The molecule has 3 nitrogen and oxygen atoms in total. The minimum absolute atomic E-state index is 0.267. The predicted octanol–water partition coefficient (Wildman–Crippen LogP) is 1.74. The smallest absolute Gasteiger partial charge is 0.155 e. The Balaban J connectivity index is 2.39. The van der Waals surface area contributed by atoms with Crippen LogP contribution in [0.2, 0.25) is 0 Å². The van der Waals surface area contributed by atoms with Gasteiger partial charge in [0.15, 0.2) is 5.78 Å². The van der Waals surface area contributed by atoms with E-state index in [1.54, 1.807) is 19.4 Å². The second kappa shape index (κ2) is 2.98. The molecule has 0 atom stereocenters. The fraction of sp³-hybridized carbons (Fsp3) is 0.600. The zero-order chi connectivity index (χ0) is 9.31. The van der Waals surface area contributed by atoms with Gasteiger partial charge in [-0.2, -0.15) is 0 Å². The Morgan fingerprint density at radius 2 is 2.15 bits per heavy atom. The average molecular weight is 178 g/mol. The van der Waals surface area contributed by atoms with Crippen LogP contribution < -0.4 is 0 Å². The standard InChI is InChI=1S/C10H14N2O/c1-9(13)10(4-2-3-5-10)12-7-6-11-8-12/h6-8H,2-5H2,1H3. The SMILES string of the molecule is CC(=O)C1(n2ccnc2)CCCC1. The minimum atomic E-state index is -0.267. The number of hydrogen-bond acceptors (Lipinski definition) is 2. The van der Waals surface area contributed by atoms with Gasteiger partial charge >= 0.3 is 0 Å². The number of ketones is 1. The molecular formula is C10H14N2O. The number of rotatable bonds is 2. The van der Waals surface area contributed by atoms with Gasteiger partial charge in [0.25, 0.3) is 0 Å². The fourth-order valence-corrected chi connectivity index (χ4v) is 2.26. The van der Waals surface area contributed by atoms with Crippen LogP contribution in [0.3, 0.4) is 0 Å². The minimum Gasteiger partial charge on any atom is -0.324 e. The molecule has 1 heterocycles. The summed E-state index contributed by atoms with van der Waals surface area (Å²) in [5.41, 5.74) is -0.267. The Kier molecular flexibility index (Phi) is 1.94. The van der Waals surface area contributed by atoms with E-state index in [-0.39, 0.29) is 11.3 Å². The summed E-state index contributed by atoms with van der Waals surface area (Å²) in [6, 6.07) is 0. The lowest BCUT2D eigenvalue weighted by molar-refractivity contribution is -0.125. The molecule has 1 aliphatic rings. The summed E-state index contributed by atoms with van der Waals surface area (Å²) in [5, 5.41) is 0. The second-order valence-corrected chi connectivity index (χ2v) is 3.76. The van der Waals surface area contributed by atoms with E-state index in [9.17, 15) is 4.79 Å². The quantitative estimate of drug-likeness (QED) is 0.691. The van der Waals surface area contributed by atoms with Gasteiger partial charge in [0, 0.05) is 12.4 Å². The molecule has 3 heteroatoms. The van der Waals surface area contributed by atoms with Gasteiger partial charge in [0.1, 0.15) is 5.54 Å². The van der Waals surface area contributed by atoms with E-state index in [0.717, 1.165) is 25.7 Å². The molecule has 0 saturated heterocycles. The van der Waals surface area contributed by atoms with Crippen LogP contribution >= 0.6 is 0 Å². The van der Waals surface area contributed by atoms with Crippen LogP contribution in [0.25, 0.3) is 0 Å². The van der Waals surface area contributed by atoms with Crippen molar-refractivity contribution in [2.24, 2.45) is 0 Å². The molecule has 1 saturated carbocycles. The zero-order valence-electron chi connectivity index (χ0n) is 7.86. The Bertz CT molecular complexity index is 297. The summed E-state index contributed by atoms with van der Waals surface area (Å²) in [6.45, 7) is 1.69. The van der Waals surface area contributed by atoms with E-state index in [4.69, 9.17) is 0 Å². The van der Waals surface area contributed by atoms with Crippen LogP contribution in [-0.4, -0.2) is 15.3 Å². The number of aromatic nitrogens is 2. The van der Waals surface area contributed by atoms with Gasteiger partial charge < -0.3 is 4.57 Å². The van der Waals surface area contributed by atoms with Crippen molar-refractivity contribution in [3.8, 4) is 0 Å². The highest BCUT2D eigenvalue weighted by Gasteiger charge is 2.39. The Hall–Kier alpha value is -1.12. The van der Waals surface area contributed by atoms with Crippen molar-refractivity contribution in [1.82, 2.24) is 9.55 Å². The first-order chi connectivity index (χ1) is 6.26. The molecule has 1 aliphatic carbocycles. The van der Waals surface area contributed by atoms with Crippen LogP contribution in [0.5, 0.6) is 0 Å². The van der Waals surface area contributed by atoms with Crippen LogP contribution in [0, 0.1) is 0 Å². The topological polar surface area (TPSA) is 34.9 Å². The largest absolute Gasteiger partial charge is 0.324 e. The molecule has 1 aromatic heterocycles. The third kappa shape index (κ3) is 1.19. The van der Waals surface area contributed by atoms with Gasteiger partial charge in [0.05, 0.1) is 6.33 Å². The van der Waals surface area contributed by atoms with E-state index in [0.29, 0.717) is 0 Å². The van der Waals surface area contributed by atoms with Crippen molar-refractivity contribution >= 4 is 5.78 Å². The summed E-state index contributed by atoms with van der Waals surface area (Å²) >= 11 is 0. The van der Waals surface area contributed by atoms with Crippen LogP contribution in [0.4, 0.5) is 0 Å². The highest BCUT2D eigenvalue weighted by atomic mass is 16.1. The second-order valence-electron chi connectivity index (χ2n) is 3.76. The number of nitrogens with zero attached hydrogens (tertiary/aromatic N) is 2. The fourth-order valence-electron chi connectivity index (χ4n) is 2.26. The molecule has 0 spiro atoms. The molecule has 2 rings (SSSR count). The monoisotopic (exact) mass is 178 g/mol. The molecule has 0 aromatic carbocycles. The van der Waals surface area contributed by atoms with Crippen molar-refractivity contribution in [3.63, 3.8) is 0 Å². The van der Waals surface area contributed by atoms with Crippen LogP contribution in [-0.2, 0) is 10.3 Å². The van der Waals surface area contributed by atoms with E-state index < -0.39 is 0 Å². The molecule has 0 unspecified atom stereocenters. The Morgan fingerprint density at radius 3 is 2.62 bits per heavy atom. The predicted molar refractivity (Wildman–Crippen MR) is 49.4 cm³/mol. The molecule has 0 aliphatic heterocycles. The maximum Gasteiger partial charge on any atom is 0.155 e.